The Kier molecular flexibility index (Phi) is 5.71. The summed E-state index contributed by atoms with van der Waals surface area (Å²) in [6, 6.07) is 8.96. The third-order valence-electron chi connectivity index (χ3n) is 4.98. The molecule has 0 atom stereocenters. The second kappa shape index (κ2) is 8.56. The predicted molar refractivity (Wildman–Crippen MR) is 104 cm³/mol. The molecule has 1 aromatic carbocycles. The molecule has 1 saturated carbocycles. The first-order valence-electron chi connectivity index (χ1n) is 9.90. The van der Waals surface area contributed by atoms with Crippen molar-refractivity contribution in [1.82, 2.24) is 5.32 Å². The quantitative estimate of drug-likeness (QED) is 0.688. The van der Waals surface area contributed by atoms with Crippen molar-refractivity contribution in [2.24, 2.45) is 0 Å². The van der Waals surface area contributed by atoms with E-state index in [9.17, 15) is 4.79 Å². The van der Waals surface area contributed by atoms with Crippen LogP contribution in [0.2, 0.25) is 0 Å². The fraction of sp³-hybridized carbons (Fsp3) is 0.476. The van der Waals surface area contributed by atoms with Crippen LogP contribution >= 0.6 is 0 Å². The molecule has 2 aromatic rings. The van der Waals surface area contributed by atoms with Gasteiger partial charge >= 0.3 is 6.03 Å². The van der Waals surface area contributed by atoms with E-state index in [4.69, 9.17) is 18.6 Å². The maximum absolute atomic E-state index is 12.1. The third-order valence-corrected chi connectivity index (χ3v) is 4.98. The average Bonchev–Trinajstić information content (AvgIpc) is 3.32. The molecule has 0 bridgehead atoms. The van der Waals surface area contributed by atoms with E-state index in [1.54, 1.807) is 6.26 Å². The van der Waals surface area contributed by atoms with Gasteiger partial charge in [0.05, 0.1) is 6.26 Å². The lowest BCUT2D eigenvalue weighted by Gasteiger charge is -2.31. The normalized spacial score (nSPS) is 16.9. The minimum Gasteiger partial charge on any atom is -0.467 e. The highest BCUT2D eigenvalue weighted by Gasteiger charge is 2.42. The van der Waals surface area contributed by atoms with E-state index in [0.29, 0.717) is 31.2 Å². The van der Waals surface area contributed by atoms with Crippen LogP contribution in [0.4, 0.5) is 10.5 Å². The molecule has 0 radical (unpaired) electrons. The van der Waals surface area contributed by atoms with Gasteiger partial charge in [0.2, 0.25) is 0 Å². The number of furan rings is 1. The first-order valence-corrected chi connectivity index (χ1v) is 9.90. The molecule has 2 aliphatic rings. The number of hydrogen-bond donors (Lipinski definition) is 2. The molecule has 28 heavy (non-hydrogen) atoms. The van der Waals surface area contributed by atoms with Crippen molar-refractivity contribution in [3.8, 4) is 11.5 Å². The van der Waals surface area contributed by atoms with E-state index >= 15 is 0 Å². The van der Waals surface area contributed by atoms with Crippen molar-refractivity contribution in [3.05, 3.63) is 42.4 Å². The Labute approximate surface area is 164 Å². The van der Waals surface area contributed by atoms with Crippen molar-refractivity contribution >= 4 is 11.7 Å². The smallest absolute Gasteiger partial charge is 0.319 e. The Bertz CT molecular complexity index is 784. The summed E-state index contributed by atoms with van der Waals surface area (Å²) >= 11 is 0. The van der Waals surface area contributed by atoms with Crippen LogP contribution in [0.1, 0.15) is 44.3 Å². The van der Waals surface area contributed by atoms with Crippen LogP contribution in [0, 0.1) is 0 Å². The monoisotopic (exact) mass is 386 g/mol. The van der Waals surface area contributed by atoms with Gasteiger partial charge in [-0.1, -0.05) is 6.42 Å². The number of carbonyl (C=O) groups is 1. The van der Waals surface area contributed by atoms with Crippen LogP contribution in [-0.2, 0) is 11.3 Å². The van der Waals surface area contributed by atoms with Crippen LogP contribution in [0.5, 0.6) is 11.5 Å². The number of anilines is 1. The van der Waals surface area contributed by atoms with E-state index < -0.39 is 5.79 Å². The second-order valence-corrected chi connectivity index (χ2v) is 7.20. The summed E-state index contributed by atoms with van der Waals surface area (Å²) in [6.07, 6.45) is 7.62. The van der Waals surface area contributed by atoms with Crippen LogP contribution in [0.25, 0.3) is 0 Å². The molecule has 1 fully saturated rings. The second-order valence-electron chi connectivity index (χ2n) is 7.20. The molecule has 7 heteroatoms. The van der Waals surface area contributed by atoms with E-state index in [2.05, 4.69) is 10.6 Å². The number of nitrogens with one attached hydrogen (secondary N) is 2. The number of urea groups is 1. The SMILES string of the molecule is O=C(NCCCOCc1ccco1)Nc1ccc2c(c1)OC1(CCCCC1)O2. The lowest BCUT2D eigenvalue weighted by molar-refractivity contribution is -0.105. The summed E-state index contributed by atoms with van der Waals surface area (Å²) < 4.78 is 22.8. The number of benzene rings is 1. The van der Waals surface area contributed by atoms with Gasteiger partial charge in [-0.05, 0) is 43.5 Å². The Morgan fingerprint density at radius 2 is 1.96 bits per heavy atom. The first kappa shape index (κ1) is 18.7. The number of rotatable bonds is 7. The van der Waals surface area contributed by atoms with Gasteiger partial charge in [0.15, 0.2) is 11.5 Å². The Morgan fingerprint density at radius 3 is 2.79 bits per heavy atom. The number of fused-ring (bicyclic) bond motifs is 1. The van der Waals surface area contributed by atoms with Crippen molar-refractivity contribution < 1.29 is 23.4 Å². The van der Waals surface area contributed by atoms with Crippen molar-refractivity contribution in [1.29, 1.82) is 0 Å². The largest absolute Gasteiger partial charge is 0.467 e. The van der Waals surface area contributed by atoms with Crippen LogP contribution in [-0.4, -0.2) is 25.0 Å². The highest BCUT2D eigenvalue weighted by atomic mass is 16.7. The average molecular weight is 386 g/mol. The third kappa shape index (κ3) is 4.59. The highest BCUT2D eigenvalue weighted by Crippen LogP contribution is 2.46. The summed E-state index contributed by atoms with van der Waals surface area (Å²) in [5.41, 5.74) is 0.682. The Balaban J connectivity index is 1.18. The maximum atomic E-state index is 12.1. The Morgan fingerprint density at radius 1 is 1.11 bits per heavy atom. The van der Waals surface area contributed by atoms with E-state index in [-0.39, 0.29) is 6.03 Å². The molecule has 2 heterocycles. The molecule has 4 rings (SSSR count). The molecule has 1 spiro atoms. The molecule has 0 unspecified atom stereocenters. The van der Waals surface area contributed by atoms with Crippen molar-refractivity contribution in [2.75, 3.05) is 18.5 Å². The van der Waals surface area contributed by atoms with Crippen molar-refractivity contribution in [3.63, 3.8) is 0 Å². The number of hydrogen-bond acceptors (Lipinski definition) is 5. The van der Waals surface area contributed by atoms with Crippen LogP contribution in [0.3, 0.4) is 0 Å². The predicted octanol–water partition coefficient (Wildman–Crippen LogP) is 4.44. The fourth-order valence-electron chi connectivity index (χ4n) is 3.59. The summed E-state index contributed by atoms with van der Waals surface area (Å²) in [5.74, 6) is 1.74. The minimum absolute atomic E-state index is 0.253. The molecule has 7 nitrogen and oxygen atoms in total. The van der Waals surface area contributed by atoms with Crippen LogP contribution in [0.15, 0.2) is 41.0 Å². The first-order chi connectivity index (χ1) is 13.7. The molecule has 0 saturated heterocycles. The highest BCUT2D eigenvalue weighted by molar-refractivity contribution is 5.89. The Hall–Kier alpha value is -2.67. The number of amides is 2. The lowest BCUT2D eigenvalue weighted by Crippen LogP contribution is -2.40. The maximum Gasteiger partial charge on any atom is 0.319 e. The zero-order valence-electron chi connectivity index (χ0n) is 15.9. The summed E-state index contributed by atoms with van der Waals surface area (Å²) in [4.78, 5) is 12.1. The fourth-order valence-corrected chi connectivity index (χ4v) is 3.59. The standard InChI is InChI=1S/C21H26N2O5/c24-20(22-11-5-12-25-15-17-6-4-13-26-17)23-16-7-8-18-19(14-16)28-21(27-18)9-2-1-3-10-21/h4,6-8,13-14H,1-3,5,9-12,15H2,(H2,22,23,24). The van der Waals surface area contributed by atoms with Gasteiger partial charge in [-0.25, -0.2) is 4.79 Å². The van der Waals surface area contributed by atoms with E-state index in [1.165, 1.54) is 6.42 Å². The summed E-state index contributed by atoms with van der Waals surface area (Å²) in [6.45, 7) is 1.52. The molecular weight excluding hydrogens is 360 g/mol. The molecule has 2 amide bonds. The van der Waals surface area contributed by atoms with Gasteiger partial charge in [0, 0.05) is 37.7 Å². The van der Waals surface area contributed by atoms with E-state index in [1.807, 2.05) is 30.3 Å². The van der Waals surface area contributed by atoms with Gasteiger partial charge in [0.1, 0.15) is 12.4 Å². The molecule has 1 aliphatic heterocycles. The molecular formula is C21H26N2O5. The minimum atomic E-state index is -0.503. The van der Waals surface area contributed by atoms with Crippen molar-refractivity contribution in [2.45, 2.75) is 50.9 Å². The molecule has 150 valence electrons. The summed E-state index contributed by atoms with van der Waals surface area (Å²) in [5, 5.41) is 5.66. The van der Waals surface area contributed by atoms with Crippen LogP contribution < -0.4 is 20.1 Å². The van der Waals surface area contributed by atoms with Gasteiger partial charge in [-0.3, -0.25) is 0 Å². The molecule has 1 aliphatic carbocycles. The van der Waals surface area contributed by atoms with Gasteiger partial charge in [-0.15, -0.1) is 0 Å². The topological polar surface area (TPSA) is 82.0 Å². The van der Waals surface area contributed by atoms with Gasteiger partial charge in [-0.2, -0.15) is 0 Å². The zero-order valence-corrected chi connectivity index (χ0v) is 15.9. The lowest BCUT2D eigenvalue weighted by atomic mass is 9.94. The number of carbonyl (C=O) groups excluding carboxylic acids is 1. The van der Waals surface area contributed by atoms with Gasteiger partial charge < -0.3 is 29.3 Å². The van der Waals surface area contributed by atoms with Gasteiger partial charge in [0.25, 0.3) is 5.79 Å². The summed E-state index contributed by atoms with van der Waals surface area (Å²) in [7, 11) is 0. The van der Waals surface area contributed by atoms with E-state index in [0.717, 1.165) is 43.6 Å². The molecule has 2 N–H and O–H groups in total. The number of ether oxygens (including phenoxy) is 3. The zero-order chi connectivity index (χ0) is 19.2. The molecule has 1 aromatic heterocycles.